The number of nitrogens with zero attached hydrogens (tertiary/aromatic N) is 3. The lowest BCUT2D eigenvalue weighted by molar-refractivity contribution is 0.0824. The van der Waals surface area contributed by atoms with Gasteiger partial charge in [0.1, 0.15) is 0 Å². The second kappa shape index (κ2) is 6.47. The van der Waals surface area contributed by atoms with Crippen LogP contribution in [0, 0.1) is 0 Å². The molecule has 20 heavy (non-hydrogen) atoms. The number of carbonyl (C=O) groups excluding carboxylic acids is 1. The molecule has 0 saturated heterocycles. The van der Waals surface area contributed by atoms with Gasteiger partial charge >= 0.3 is 0 Å². The van der Waals surface area contributed by atoms with Crippen LogP contribution in [-0.2, 0) is 0 Å². The molecule has 1 amide bonds. The number of hydrogen-bond acceptors (Lipinski definition) is 7. The average Bonchev–Trinajstić information content (AvgIpc) is 2.86. The highest BCUT2D eigenvalue weighted by Gasteiger charge is 2.16. The van der Waals surface area contributed by atoms with Gasteiger partial charge in [0.15, 0.2) is 8.68 Å². The molecule has 0 spiro atoms. The van der Waals surface area contributed by atoms with Crippen LogP contribution in [-0.4, -0.2) is 41.4 Å². The SMILES string of the molecule is CSc1nnc(Sc2cc(N)ccc2C(=O)N(C)C)s1. The molecular formula is C12H14N4OS3. The van der Waals surface area contributed by atoms with Gasteiger partial charge in [-0.1, -0.05) is 34.9 Å². The van der Waals surface area contributed by atoms with Crippen LogP contribution in [0.5, 0.6) is 0 Å². The van der Waals surface area contributed by atoms with E-state index < -0.39 is 0 Å². The Labute approximate surface area is 130 Å². The number of thioether (sulfide) groups is 1. The molecule has 0 saturated carbocycles. The lowest BCUT2D eigenvalue weighted by atomic mass is 10.2. The third kappa shape index (κ3) is 3.44. The number of amides is 1. The van der Waals surface area contributed by atoms with Gasteiger partial charge in [-0.05, 0) is 24.5 Å². The molecule has 0 aliphatic heterocycles. The lowest BCUT2D eigenvalue weighted by Crippen LogP contribution is -2.22. The van der Waals surface area contributed by atoms with Crippen LogP contribution in [0.1, 0.15) is 10.4 Å². The van der Waals surface area contributed by atoms with E-state index in [4.69, 9.17) is 5.73 Å². The monoisotopic (exact) mass is 326 g/mol. The number of nitrogen functional groups attached to an aromatic ring is 1. The van der Waals surface area contributed by atoms with E-state index >= 15 is 0 Å². The Hall–Kier alpha value is -1.25. The van der Waals surface area contributed by atoms with Crippen molar-refractivity contribution in [2.75, 3.05) is 26.1 Å². The summed E-state index contributed by atoms with van der Waals surface area (Å²) in [4.78, 5) is 14.5. The van der Waals surface area contributed by atoms with Gasteiger partial charge in [-0.2, -0.15) is 0 Å². The molecule has 0 fully saturated rings. The summed E-state index contributed by atoms with van der Waals surface area (Å²) < 4.78 is 1.70. The minimum absolute atomic E-state index is 0.0536. The van der Waals surface area contributed by atoms with Gasteiger partial charge in [-0.3, -0.25) is 4.79 Å². The zero-order chi connectivity index (χ0) is 14.7. The van der Waals surface area contributed by atoms with Crippen LogP contribution >= 0.6 is 34.9 Å². The first-order valence-electron chi connectivity index (χ1n) is 5.67. The third-order valence-electron chi connectivity index (χ3n) is 2.40. The molecule has 1 aromatic heterocycles. The molecule has 2 rings (SSSR count). The number of carbonyl (C=O) groups is 1. The number of hydrogen-bond donors (Lipinski definition) is 1. The highest BCUT2D eigenvalue weighted by atomic mass is 32.2. The predicted octanol–water partition coefficient (Wildman–Crippen LogP) is 2.70. The first kappa shape index (κ1) is 15.1. The Morgan fingerprint density at radius 3 is 2.60 bits per heavy atom. The fourth-order valence-corrected chi connectivity index (χ4v) is 4.02. The number of anilines is 1. The van der Waals surface area contributed by atoms with Crippen LogP contribution in [0.4, 0.5) is 5.69 Å². The highest BCUT2D eigenvalue weighted by Crippen LogP contribution is 2.35. The molecular weight excluding hydrogens is 312 g/mol. The first-order valence-corrected chi connectivity index (χ1v) is 8.53. The van der Waals surface area contributed by atoms with E-state index in [0.29, 0.717) is 11.3 Å². The Morgan fingerprint density at radius 1 is 1.30 bits per heavy atom. The molecule has 0 bridgehead atoms. The normalized spacial score (nSPS) is 10.6. The molecule has 0 aliphatic rings. The summed E-state index contributed by atoms with van der Waals surface area (Å²) in [5.41, 5.74) is 7.06. The molecule has 106 valence electrons. The summed E-state index contributed by atoms with van der Waals surface area (Å²) in [5.74, 6) is -0.0536. The van der Waals surface area contributed by atoms with Gasteiger partial charge in [0, 0.05) is 24.7 Å². The Kier molecular flexibility index (Phi) is 4.90. The number of aromatic nitrogens is 2. The summed E-state index contributed by atoms with van der Waals surface area (Å²) in [6.45, 7) is 0. The van der Waals surface area contributed by atoms with Crippen molar-refractivity contribution in [3.8, 4) is 0 Å². The smallest absolute Gasteiger partial charge is 0.254 e. The zero-order valence-corrected chi connectivity index (χ0v) is 13.7. The van der Waals surface area contributed by atoms with E-state index in [2.05, 4.69) is 10.2 Å². The Morgan fingerprint density at radius 2 is 2.00 bits per heavy atom. The van der Waals surface area contributed by atoms with Crippen molar-refractivity contribution in [3.63, 3.8) is 0 Å². The largest absolute Gasteiger partial charge is 0.399 e. The summed E-state index contributed by atoms with van der Waals surface area (Å²) in [6.07, 6.45) is 1.95. The quantitative estimate of drug-likeness (QED) is 0.688. The average molecular weight is 326 g/mol. The van der Waals surface area contributed by atoms with Crippen molar-refractivity contribution in [1.82, 2.24) is 15.1 Å². The summed E-state index contributed by atoms with van der Waals surface area (Å²) in [6, 6.07) is 5.27. The topological polar surface area (TPSA) is 72.1 Å². The van der Waals surface area contributed by atoms with Crippen molar-refractivity contribution in [1.29, 1.82) is 0 Å². The molecule has 5 nitrogen and oxygen atoms in total. The van der Waals surface area contributed by atoms with Gasteiger partial charge < -0.3 is 10.6 Å². The second-order valence-electron chi connectivity index (χ2n) is 4.10. The van der Waals surface area contributed by atoms with E-state index in [0.717, 1.165) is 13.6 Å². The maximum Gasteiger partial charge on any atom is 0.254 e. The molecule has 2 aromatic rings. The molecule has 2 N–H and O–H groups in total. The van der Waals surface area contributed by atoms with E-state index in [1.165, 1.54) is 23.1 Å². The summed E-state index contributed by atoms with van der Waals surface area (Å²) >= 11 is 4.47. The maximum absolute atomic E-state index is 12.2. The Bertz CT molecular complexity index is 627. The standard InChI is InChI=1S/C12H14N4OS3/c1-16(2)10(17)8-5-4-7(13)6-9(8)19-12-15-14-11(18-3)20-12/h4-6H,13H2,1-3H3. The zero-order valence-electron chi connectivity index (χ0n) is 11.3. The van der Waals surface area contributed by atoms with Gasteiger partial charge in [0.25, 0.3) is 5.91 Å². The van der Waals surface area contributed by atoms with E-state index in [1.54, 1.807) is 49.0 Å². The van der Waals surface area contributed by atoms with E-state index in [-0.39, 0.29) is 5.91 Å². The molecule has 0 unspecified atom stereocenters. The van der Waals surface area contributed by atoms with Gasteiger partial charge in [-0.25, -0.2) is 0 Å². The third-order valence-corrected chi connectivity index (χ3v) is 5.41. The summed E-state index contributed by atoms with van der Waals surface area (Å²) in [7, 11) is 3.45. The number of benzene rings is 1. The van der Waals surface area contributed by atoms with Crippen LogP contribution in [0.2, 0.25) is 0 Å². The van der Waals surface area contributed by atoms with E-state index in [1.807, 2.05) is 6.26 Å². The van der Waals surface area contributed by atoms with Crippen LogP contribution in [0.15, 0.2) is 31.8 Å². The molecule has 8 heteroatoms. The van der Waals surface area contributed by atoms with Crippen LogP contribution in [0.25, 0.3) is 0 Å². The molecule has 0 radical (unpaired) electrons. The first-order chi connectivity index (χ1) is 9.51. The maximum atomic E-state index is 12.2. The fraction of sp³-hybridized carbons (Fsp3) is 0.250. The van der Waals surface area contributed by atoms with E-state index in [9.17, 15) is 4.79 Å². The van der Waals surface area contributed by atoms with Gasteiger partial charge in [-0.15, -0.1) is 10.2 Å². The van der Waals surface area contributed by atoms with Crippen molar-refractivity contribution in [3.05, 3.63) is 23.8 Å². The van der Waals surface area contributed by atoms with Crippen molar-refractivity contribution in [2.24, 2.45) is 0 Å². The molecule has 0 aliphatic carbocycles. The fourth-order valence-electron chi connectivity index (χ4n) is 1.46. The highest BCUT2D eigenvalue weighted by molar-refractivity contribution is 8.03. The van der Waals surface area contributed by atoms with Crippen LogP contribution < -0.4 is 5.73 Å². The van der Waals surface area contributed by atoms with Crippen molar-refractivity contribution < 1.29 is 4.79 Å². The van der Waals surface area contributed by atoms with Crippen molar-refractivity contribution >= 4 is 46.5 Å². The summed E-state index contributed by atoms with van der Waals surface area (Å²) in [5, 5.41) is 8.15. The Balaban J connectivity index is 2.34. The van der Waals surface area contributed by atoms with Gasteiger partial charge in [0.2, 0.25) is 0 Å². The molecule has 1 aromatic carbocycles. The minimum Gasteiger partial charge on any atom is -0.399 e. The number of nitrogens with two attached hydrogens (primary N) is 1. The predicted molar refractivity (Wildman–Crippen MR) is 84.7 cm³/mol. The lowest BCUT2D eigenvalue weighted by Gasteiger charge is -2.13. The number of rotatable bonds is 4. The minimum atomic E-state index is -0.0536. The molecule has 1 heterocycles. The van der Waals surface area contributed by atoms with Crippen molar-refractivity contribution in [2.45, 2.75) is 13.6 Å². The van der Waals surface area contributed by atoms with Crippen LogP contribution in [0.3, 0.4) is 0 Å². The van der Waals surface area contributed by atoms with Gasteiger partial charge in [0.05, 0.1) is 5.56 Å². The second-order valence-corrected chi connectivity index (χ2v) is 7.42. The molecule has 0 atom stereocenters.